The number of rotatable bonds is 10. The molecule has 0 spiro atoms. The van der Waals surface area contributed by atoms with Gasteiger partial charge in [0.2, 0.25) is 0 Å². The molecule has 0 aromatic carbocycles. The molecular formula is C15H36N4. The Balaban J connectivity index is 4.49. The lowest BCUT2D eigenvalue weighted by Gasteiger charge is -2.37. The fraction of sp³-hybridized carbons (Fsp3) is 1.00. The van der Waals surface area contributed by atoms with E-state index in [0.29, 0.717) is 12.1 Å². The smallest absolute Gasteiger partial charge is 0.0257 e. The monoisotopic (exact) mass is 272 g/mol. The zero-order valence-corrected chi connectivity index (χ0v) is 14.5. The van der Waals surface area contributed by atoms with Crippen LogP contribution in [0.3, 0.4) is 0 Å². The van der Waals surface area contributed by atoms with E-state index in [9.17, 15) is 0 Å². The molecule has 0 aromatic heterocycles. The first-order valence-corrected chi connectivity index (χ1v) is 7.38. The highest BCUT2D eigenvalue weighted by atomic mass is 15.2. The van der Waals surface area contributed by atoms with Gasteiger partial charge in [0.25, 0.3) is 0 Å². The zero-order chi connectivity index (χ0) is 15.0. The largest absolute Gasteiger partial charge is 0.309 e. The quantitative estimate of drug-likeness (QED) is 0.591. The van der Waals surface area contributed by atoms with Gasteiger partial charge in [-0.1, -0.05) is 0 Å². The summed E-state index contributed by atoms with van der Waals surface area (Å²) in [6, 6.07) is 1.26. The Kier molecular flexibility index (Phi) is 9.62. The van der Waals surface area contributed by atoms with Crippen molar-refractivity contribution in [1.29, 1.82) is 0 Å². The fourth-order valence-corrected chi connectivity index (χ4v) is 2.60. The minimum absolute atomic E-state index is 0.625. The molecule has 0 aromatic rings. The maximum atomic E-state index is 2.40. The van der Waals surface area contributed by atoms with Crippen LogP contribution in [0.1, 0.15) is 19.3 Å². The van der Waals surface area contributed by atoms with Gasteiger partial charge in [0.1, 0.15) is 0 Å². The van der Waals surface area contributed by atoms with E-state index in [2.05, 4.69) is 76.0 Å². The Morgan fingerprint density at radius 1 is 0.579 bits per heavy atom. The molecule has 2 unspecified atom stereocenters. The molecule has 4 nitrogen and oxygen atoms in total. The summed E-state index contributed by atoms with van der Waals surface area (Å²) in [4.78, 5) is 9.35. The maximum Gasteiger partial charge on any atom is 0.0257 e. The van der Waals surface area contributed by atoms with Crippen molar-refractivity contribution in [1.82, 2.24) is 19.6 Å². The third-order valence-electron chi connectivity index (χ3n) is 3.75. The van der Waals surface area contributed by atoms with Crippen LogP contribution in [0.5, 0.6) is 0 Å². The first-order chi connectivity index (χ1) is 8.75. The van der Waals surface area contributed by atoms with E-state index < -0.39 is 0 Å². The van der Waals surface area contributed by atoms with Crippen molar-refractivity contribution in [2.24, 2.45) is 0 Å². The average Bonchev–Trinajstić information content (AvgIpc) is 2.25. The molecule has 0 heterocycles. The second-order valence-electron chi connectivity index (χ2n) is 6.60. The molecule has 0 aliphatic heterocycles. The lowest BCUT2D eigenvalue weighted by molar-refractivity contribution is 0.124. The molecule has 0 rings (SSSR count). The maximum absolute atomic E-state index is 2.40. The summed E-state index contributed by atoms with van der Waals surface area (Å²) in [6.45, 7) is 2.33. The molecule has 0 aliphatic rings. The highest BCUT2D eigenvalue weighted by molar-refractivity contribution is 4.83. The topological polar surface area (TPSA) is 13.0 Å². The summed E-state index contributed by atoms with van der Waals surface area (Å²) in [5.74, 6) is 0. The van der Waals surface area contributed by atoms with Crippen LogP contribution in [0.25, 0.3) is 0 Å². The van der Waals surface area contributed by atoms with E-state index >= 15 is 0 Å². The molecule has 2 atom stereocenters. The highest BCUT2D eigenvalue weighted by Crippen LogP contribution is 2.16. The molecule has 0 saturated heterocycles. The van der Waals surface area contributed by atoms with Crippen LogP contribution in [0, 0.1) is 0 Å². The van der Waals surface area contributed by atoms with Gasteiger partial charge in [-0.05, 0) is 88.7 Å². The SMILES string of the molecule is CN(C)CCCC(C(CCN(C)C)N(C)C)N(C)C. The van der Waals surface area contributed by atoms with E-state index in [-0.39, 0.29) is 0 Å². The van der Waals surface area contributed by atoms with Crippen LogP contribution < -0.4 is 0 Å². The Labute approximate surface area is 121 Å². The van der Waals surface area contributed by atoms with Crippen molar-refractivity contribution >= 4 is 0 Å². The van der Waals surface area contributed by atoms with Gasteiger partial charge in [-0.15, -0.1) is 0 Å². The summed E-state index contributed by atoms with van der Waals surface area (Å²) < 4.78 is 0. The summed E-state index contributed by atoms with van der Waals surface area (Å²) >= 11 is 0. The van der Waals surface area contributed by atoms with Gasteiger partial charge in [0.05, 0.1) is 0 Å². The third kappa shape index (κ3) is 8.58. The van der Waals surface area contributed by atoms with E-state index in [4.69, 9.17) is 0 Å². The van der Waals surface area contributed by atoms with E-state index in [1.165, 1.54) is 25.8 Å². The van der Waals surface area contributed by atoms with Gasteiger partial charge < -0.3 is 19.6 Å². The standard InChI is InChI=1S/C15H36N4/c1-16(2)12-9-10-14(18(5)6)15(19(7)8)11-13-17(3)4/h14-15H,9-13H2,1-8H3. The van der Waals surface area contributed by atoms with E-state index in [0.717, 1.165) is 6.54 Å². The second-order valence-corrected chi connectivity index (χ2v) is 6.60. The summed E-state index contributed by atoms with van der Waals surface area (Å²) in [6.07, 6.45) is 3.76. The van der Waals surface area contributed by atoms with Crippen LogP contribution in [0.2, 0.25) is 0 Å². The summed E-state index contributed by atoms with van der Waals surface area (Å²) in [5.41, 5.74) is 0. The first-order valence-electron chi connectivity index (χ1n) is 7.38. The molecule has 116 valence electrons. The van der Waals surface area contributed by atoms with Crippen molar-refractivity contribution < 1.29 is 0 Å². The Hall–Kier alpha value is -0.160. The van der Waals surface area contributed by atoms with Crippen LogP contribution in [0.4, 0.5) is 0 Å². The summed E-state index contributed by atoms with van der Waals surface area (Å²) in [5, 5.41) is 0. The van der Waals surface area contributed by atoms with E-state index in [1.807, 2.05) is 0 Å². The molecule has 0 bridgehead atoms. The Morgan fingerprint density at radius 2 is 1.00 bits per heavy atom. The van der Waals surface area contributed by atoms with Crippen LogP contribution in [0.15, 0.2) is 0 Å². The van der Waals surface area contributed by atoms with Crippen molar-refractivity contribution in [2.75, 3.05) is 69.5 Å². The molecule has 0 N–H and O–H groups in total. The first kappa shape index (κ1) is 18.8. The van der Waals surface area contributed by atoms with Crippen molar-refractivity contribution in [2.45, 2.75) is 31.3 Å². The molecule has 0 saturated carbocycles. The van der Waals surface area contributed by atoms with E-state index in [1.54, 1.807) is 0 Å². The van der Waals surface area contributed by atoms with Gasteiger partial charge in [-0.25, -0.2) is 0 Å². The molecule has 0 aliphatic carbocycles. The normalized spacial score (nSPS) is 15.8. The van der Waals surface area contributed by atoms with Crippen LogP contribution in [-0.2, 0) is 0 Å². The van der Waals surface area contributed by atoms with Crippen LogP contribution in [-0.4, -0.2) is 101 Å². The number of hydrogen-bond acceptors (Lipinski definition) is 4. The van der Waals surface area contributed by atoms with Gasteiger partial charge in [-0.2, -0.15) is 0 Å². The molecule has 19 heavy (non-hydrogen) atoms. The predicted molar refractivity (Wildman–Crippen MR) is 85.9 cm³/mol. The van der Waals surface area contributed by atoms with Gasteiger partial charge in [-0.3, -0.25) is 0 Å². The molecule has 0 radical (unpaired) electrons. The lowest BCUT2D eigenvalue weighted by atomic mass is 9.97. The molecule has 0 fully saturated rings. The minimum atomic E-state index is 0.625. The van der Waals surface area contributed by atoms with Gasteiger partial charge in [0.15, 0.2) is 0 Å². The number of nitrogens with zero attached hydrogens (tertiary/aromatic N) is 4. The average molecular weight is 272 g/mol. The van der Waals surface area contributed by atoms with Crippen LogP contribution >= 0.6 is 0 Å². The number of hydrogen-bond donors (Lipinski definition) is 0. The number of likely N-dealkylation sites (N-methyl/N-ethyl adjacent to an activating group) is 2. The Morgan fingerprint density at radius 3 is 1.37 bits per heavy atom. The van der Waals surface area contributed by atoms with Crippen molar-refractivity contribution in [3.05, 3.63) is 0 Å². The third-order valence-corrected chi connectivity index (χ3v) is 3.75. The summed E-state index contributed by atoms with van der Waals surface area (Å²) in [7, 11) is 17.5. The molecule has 0 amide bonds. The second kappa shape index (κ2) is 9.70. The lowest BCUT2D eigenvalue weighted by Crippen LogP contribution is -2.48. The highest BCUT2D eigenvalue weighted by Gasteiger charge is 2.24. The van der Waals surface area contributed by atoms with Gasteiger partial charge >= 0.3 is 0 Å². The predicted octanol–water partition coefficient (Wildman–Crippen LogP) is 1.14. The zero-order valence-electron chi connectivity index (χ0n) is 14.5. The fourth-order valence-electron chi connectivity index (χ4n) is 2.60. The molecule has 4 heteroatoms. The van der Waals surface area contributed by atoms with Crippen molar-refractivity contribution in [3.8, 4) is 0 Å². The van der Waals surface area contributed by atoms with Gasteiger partial charge in [0, 0.05) is 12.1 Å². The van der Waals surface area contributed by atoms with Crippen molar-refractivity contribution in [3.63, 3.8) is 0 Å². The molecular weight excluding hydrogens is 236 g/mol. The minimum Gasteiger partial charge on any atom is -0.309 e. The Bertz CT molecular complexity index is 214.